The molecule has 4 aliphatic rings. The lowest BCUT2D eigenvalue weighted by Crippen LogP contribution is -2.50. The summed E-state index contributed by atoms with van der Waals surface area (Å²) in [7, 11) is 0. The zero-order valence-corrected chi connectivity index (χ0v) is 19.4. The maximum Gasteiger partial charge on any atom is 0.234 e. The zero-order valence-electron chi connectivity index (χ0n) is 19.4. The molecule has 1 saturated carbocycles. The molecule has 4 heteroatoms. The highest BCUT2D eigenvalue weighted by molar-refractivity contribution is 6.05. The minimum atomic E-state index is 0.0694. The van der Waals surface area contributed by atoms with Crippen molar-refractivity contribution in [2.45, 2.75) is 83.2 Å². The fourth-order valence-corrected chi connectivity index (χ4v) is 6.60. The second-order valence-corrected chi connectivity index (χ2v) is 10.5. The summed E-state index contributed by atoms with van der Waals surface area (Å²) in [5, 5.41) is 3.47. The standard InChI is InChI=1S/C27H39N3O/c1-19(2)21-7-9-22(10-8-21)29-15-12-23(13-16-29)30-26-6-4-3-5-24(26)25(27(30)31)17-20-11-14-28-18-20/h3-6,20,22-23,25,28H,7-18H2,1-2H3. The van der Waals surface area contributed by atoms with Gasteiger partial charge < -0.3 is 15.1 Å². The van der Waals surface area contributed by atoms with Gasteiger partial charge in [0.1, 0.15) is 0 Å². The second-order valence-electron chi connectivity index (χ2n) is 10.5. The molecule has 1 aromatic rings. The molecule has 0 aromatic heterocycles. The highest BCUT2D eigenvalue weighted by Gasteiger charge is 2.42. The van der Waals surface area contributed by atoms with Gasteiger partial charge in [-0.3, -0.25) is 4.79 Å². The molecular weight excluding hydrogens is 382 g/mol. The fourth-order valence-electron chi connectivity index (χ4n) is 6.60. The number of carbonyl (C=O) groups excluding carboxylic acids is 1. The average Bonchev–Trinajstić information content (AvgIpc) is 3.41. The van der Waals surface area contributed by atoms with Crippen molar-refractivity contribution in [1.82, 2.24) is 10.2 Å². The van der Waals surface area contributed by atoms with Crippen LogP contribution in [0.4, 0.5) is 5.69 Å². The third-order valence-electron chi connectivity index (χ3n) is 8.49. The molecule has 0 radical (unpaired) electrons. The topological polar surface area (TPSA) is 35.6 Å². The Balaban J connectivity index is 1.24. The smallest absolute Gasteiger partial charge is 0.234 e. The van der Waals surface area contributed by atoms with Crippen LogP contribution in [0.1, 0.15) is 76.7 Å². The molecule has 4 nitrogen and oxygen atoms in total. The fraction of sp³-hybridized carbons (Fsp3) is 0.667. The van der Waals surface area contributed by atoms with E-state index in [1.165, 1.54) is 48.9 Å². The van der Waals surface area contributed by atoms with Gasteiger partial charge in [-0.05, 0) is 95.9 Å². The number of fused-ring (bicyclic) bond motifs is 1. The molecule has 2 saturated heterocycles. The van der Waals surface area contributed by atoms with Gasteiger partial charge in [0.25, 0.3) is 0 Å². The summed E-state index contributed by atoms with van der Waals surface area (Å²) >= 11 is 0. The number of para-hydroxylation sites is 1. The highest BCUT2D eigenvalue weighted by Crippen LogP contribution is 2.44. The third-order valence-corrected chi connectivity index (χ3v) is 8.49. The molecule has 2 atom stereocenters. The molecule has 3 aliphatic heterocycles. The number of allylic oxidation sites excluding steroid dienone is 2. The van der Waals surface area contributed by atoms with E-state index >= 15 is 0 Å². The SMILES string of the molecule is CC(C)=C1CCC(N2CCC(N3C(=O)C(CC4CCNC4)c4ccccc43)CC2)CC1. The van der Waals surface area contributed by atoms with Crippen LogP contribution in [0.5, 0.6) is 0 Å². The van der Waals surface area contributed by atoms with Gasteiger partial charge in [-0.2, -0.15) is 0 Å². The van der Waals surface area contributed by atoms with Gasteiger partial charge in [0.15, 0.2) is 0 Å². The zero-order chi connectivity index (χ0) is 21.4. The average molecular weight is 422 g/mol. The van der Waals surface area contributed by atoms with Crippen molar-refractivity contribution in [3.8, 4) is 0 Å². The molecule has 3 heterocycles. The van der Waals surface area contributed by atoms with Crippen molar-refractivity contribution in [3.05, 3.63) is 41.0 Å². The molecule has 31 heavy (non-hydrogen) atoms. The van der Waals surface area contributed by atoms with Crippen LogP contribution >= 0.6 is 0 Å². The molecule has 168 valence electrons. The van der Waals surface area contributed by atoms with Crippen molar-refractivity contribution in [3.63, 3.8) is 0 Å². The molecule has 1 aromatic carbocycles. The van der Waals surface area contributed by atoms with Gasteiger partial charge in [-0.1, -0.05) is 29.3 Å². The van der Waals surface area contributed by atoms with Crippen LogP contribution < -0.4 is 10.2 Å². The number of carbonyl (C=O) groups is 1. The molecule has 1 aliphatic carbocycles. The molecule has 0 bridgehead atoms. The van der Waals surface area contributed by atoms with Crippen LogP contribution in [-0.2, 0) is 4.79 Å². The van der Waals surface area contributed by atoms with E-state index in [-0.39, 0.29) is 5.92 Å². The Morgan fingerprint density at radius 3 is 2.42 bits per heavy atom. The van der Waals surface area contributed by atoms with Crippen LogP contribution in [0.15, 0.2) is 35.4 Å². The largest absolute Gasteiger partial charge is 0.316 e. The molecule has 2 unspecified atom stereocenters. The Bertz CT molecular complexity index is 819. The quantitative estimate of drug-likeness (QED) is 0.705. The number of nitrogens with zero attached hydrogens (tertiary/aromatic N) is 2. The lowest BCUT2D eigenvalue weighted by atomic mass is 9.86. The van der Waals surface area contributed by atoms with E-state index in [0.717, 1.165) is 51.5 Å². The van der Waals surface area contributed by atoms with E-state index in [2.05, 4.69) is 53.2 Å². The Kier molecular flexibility index (Phi) is 6.21. The molecule has 0 spiro atoms. The van der Waals surface area contributed by atoms with E-state index in [1.54, 1.807) is 5.57 Å². The molecule has 3 fully saturated rings. The molecule has 5 rings (SSSR count). The monoisotopic (exact) mass is 421 g/mol. The van der Waals surface area contributed by atoms with E-state index < -0.39 is 0 Å². The predicted octanol–water partition coefficient (Wildman–Crippen LogP) is 4.86. The van der Waals surface area contributed by atoms with Crippen LogP contribution in [-0.4, -0.2) is 49.1 Å². The summed E-state index contributed by atoms with van der Waals surface area (Å²) in [5.41, 5.74) is 5.70. The summed E-state index contributed by atoms with van der Waals surface area (Å²) in [5.74, 6) is 1.08. The summed E-state index contributed by atoms with van der Waals surface area (Å²) in [4.78, 5) is 18.6. The van der Waals surface area contributed by atoms with Crippen molar-refractivity contribution in [2.24, 2.45) is 5.92 Å². The first-order valence-corrected chi connectivity index (χ1v) is 12.6. The highest BCUT2D eigenvalue weighted by atomic mass is 16.2. The van der Waals surface area contributed by atoms with Gasteiger partial charge in [0, 0.05) is 30.9 Å². The van der Waals surface area contributed by atoms with Crippen molar-refractivity contribution < 1.29 is 4.79 Å². The Labute approximate surface area is 188 Å². The third kappa shape index (κ3) is 4.21. The summed E-state index contributed by atoms with van der Waals surface area (Å²) in [6.07, 6.45) is 9.63. The number of likely N-dealkylation sites (tertiary alicyclic amines) is 1. The van der Waals surface area contributed by atoms with Gasteiger partial charge in [0.2, 0.25) is 5.91 Å². The van der Waals surface area contributed by atoms with Crippen molar-refractivity contribution in [2.75, 3.05) is 31.1 Å². The number of hydrogen-bond acceptors (Lipinski definition) is 3. The maximum absolute atomic E-state index is 13.6. The number of hydrogen-bond donors (Lipinski definition) is 1. The number of benzene rings is 1. The van der Waals surface area contributed by atoms with Gasteiger partial charge in [-0.25, -0.2) is 0 Å². The number of rotatable bonds is 4. The summed E-state index contributed by atoms with van der Waals surface area (Å²) in [6, 6.07) is 9.73. The first-order valence-electron chi connectivity index (χ1n) is 12.6. The molecule has 1 amide bonds. The first kappa shape index (κ1) is 21.2. The van der Waals surface area contributed by atoms with E-state index in [0.29, 0.717) is 17.9 Å². The van der Waals surface area contributed by atoms with Gasteiger partial charge in [-0.15, -0.1) is 0 Å². The molecule has 1 N–H and O–H groups in total. The Morgan fingerprint density at radius 1 is 1.00 bits per heavy atom. The number of anilines is 1. The maximum atomic E-state index is 13.6. The lowest BCUT2D eigenvalue weighted by molar-refractivity contribution is -0.120. The first-order chi connectivity index (χ1) is 15.1. The van der Waals surface area contributed by atoms with Crippen LogP contribution in [0.2, 0.25) is 0 Å². The number of piperidine rings is 1. The Morgan fingerprint density at radius 2 is 1.74 bits per heavy atom. The van der Waals surface area contributed by atoms with Crippen LogP contribution in [0.3, 0.4) is 0 Å². The predicted molar refractivity (Wildman–Crippen MR) is 127 cm³/mol. The molecular formula is C27H39N3O. The number of amides is 1. The minimum Gasteiger partial charge on any atom is -0.316 e. The van der Waals surface area contributed by atoms with Gasteiger partial charge >= 0.3 is 0 Å². The van der Waals surface area contributed by atoms with E-state index in [4.69, 9.17) is 0 Å². The Hall–Kier alpha value is -1.65. The minimum absolute atomic E-state index is 0.0694. The lowest BCUT2D eigenvalue weighted by Gasteiger charge is -2.42. The van der Waals surface area contributed by atoms with E-state index in [1.807, 2.05) is 0 Å². The summed E-state index contributed by atoms with van der Waals surface area (Å²) in [6.45, 7) is 8.99. The van der Waals surface area contributed by atoms with Crippen LogP contribution in [0.25, 0.3) is 0 Å². The van der Waals surface area contributed by atoms with Gasteiger partial charge in [0.05, 0.1) is 5.92 Å². The summed E-state index contributed by atoms with van der Waals surface area (Å²) < 4.78 is 0. The second kappa shape index (κ2) is 9.07. The van der Waals surface area contributed by atoms with Crippen LogP contribution in [0, 0.1) is 5.92 Å². The number of nitrogens with one attached hydrogen (secondary N) is 1. The van der Waals surface area contributed by atoms with E-state index in [9.17, 15) is 4.79 Å². The van der Waals surface area contributed by atoms with Crippen molar-refractivity contribution >= 4 is 11.6 Å². The van der Waals surface area contributed by atoms with Crippen molar-refractivity contribution in [1.29, 1.82) is 0 Å². The normalized spacial score (nSPS) is 30.1.